The molecule has 3 nitrogen and oxygen atoms in total. The lowest BCUT2D eigenvalue weighted by Gasteiger charge is -2.30. The summed E-state index contributed by atoms with van der Waals surface area (Å²) in [5.41, 5.74) is 8.29. The molecule has 1 aromatic carbocycles. The highest BCUT2D eigenvalue weighted by atomic mass is 16.1. The third-order valence-corrected chi connectivity index (χ3v) is 2.93. The predicted octanol–water partition coefficient (Wildman–Crippen LogP) is 1.72. The number of aryl methyl sites for hydroxylation is 1. The summed E-state index contributed by atoms with van der Waals surface area (Å²) >= 11 is 0. The van der Waals surface area contributed by atoms with Crippen molar-refractivity contribution < 1.29 is 4.79 Å². The van der Waals surface area contributed by atoms with Crippen molar-refractivity contribution in [2.45, 2.75) is 12.8 Å². The molecule has 0 aromatic heterocycles. The van der Waals surface area contributed by atoms with Gasteiger partial charge in [-0.15, -0.1) is 6.58 Å². The highest BCUT2D eigenvalue weighted by molar-refractivity contribution is 5.93. The van der Waals surface area contributed by atoms with E-state index in [1.165, 1.54) is 11.3 Å². The molecule has 1 aliphatic rings. The van der Waals surface area contributed by atoms with Gasteiger partial charge in [-0.05, 0) is 36.6 Å². The maximum atomic E-state index is 11.1. The highest BCUT2D eigenvalue weighted by Crippen LogP contribution is 2.27. The molecule has 0 radical (unpaired) electrons. The van der Waals surface area contributed by atoms with Gasteiger partial charge in [0.05, 0.1) is 0 Å². The second-order valence-electron chi connectivity index (χ2n) is 4.05. The van der Waals surface area contributed by atoms with Gasteiger partial charge in [0.2, 0.25) is 5.91 Å². The van der Waals surface area contributed by atoms with E-state index in [-0.39, 0.29) is 5.91 Å². The van der Waals surface area contributed by atoms with E-state index in [9.17, 15) is 4.79 Å². The number of hydrogen-bond acceptors (Lipinski definition) is 2. The molecule has 1 aliphatic heterocycles. The van der Waals surface area contributed by atoms with Crippen molar-refractivity contribution in [1.82, 2.24) is 0 Å². The Bertz CT molecular complexity index is 426. The number of anilines is 1. The maximum absolute atomic E-state index is 11.1. The predicted molar refractivity (Wildman–Crippen MR) is 65.7 cm³/mol. The molecule has 1 heterocycles. The van der Waals surface area contributed by atoms with Gasteiger partial charge in [0, 0.05) is 24.3 Å². The third kappa shape index (κ3) is 1.94. The molecule has 0 spiro atoms. The van der Waals surface area contributed by atoms with Crippen molar-refractivity contribution in [2.24, 2.45) is 5.73 Å². The number of fused-ring (bicyclic) bond motifs is 1. The summed E-state index contributed by atoms with van der Waals surface area (Å²) in [6.45, 7) is 5.66. The lowest BCUT2D eigenvalue weighted by molar-refractivity contribution is 0.1000. The molecule has 16 heavy (non-hydrogen) atoms. The van der Waals surface area contributed by atoms with Gasteiger partial charge in [0.25, 0.3) is 0 Å². The molecule has 0 unspecified atom stereocenters. The molecule has 0 aliphatic carbocycles. The zero-order valence-corrected chi connectivity index (χ0v) is 9.28. The Kier molecular flexibility index (Phi) is 2.95. The summed E-state index contributed by atoms with van der Waals surface area (Å²) in [7, 11) is 0. The molecule has 3 heteroatoms. The summed E-state index contributed by atoms with van der Waals surface area (Å²) in [5.74, 6) is -0.358. The minimum absolute atomic E-state index is 0.358. The summed E-state index contributed by atoms with van der Waals surface area (Å²) < 4.78 is 0. The number of benzene rings is 1. The van der Waals surface area contributed by atoms with Crippen LogP contribution in [0.2, 0.25) is 0 Å². The van der Waals surface area contributed by atoms with Crippen LogP contribution in [0.4, 0.5) is 5.69 Å². The average molecular weight is 216 g/mol. The van der Waals surface area contributed by atoms with Crippen LogP contribution in [0, 0.1) is 0 Å². The fourth-order valence-electron chi connectivity index (χ4n) is 2.17. The number of carbonyl (C=O) groups excluding carboxylic acids is 1. The van der Waals surface area contributed by atoms with Crippen LogP contribution in [0.3, 0.4) is 0 Å². The van der Waals surface area contributed by atoms with Crippen molar-refractivity contribution in [3.05, 3.63) is 42.0 Å². The third-order valence-electron chi connectivity index (χ3n) is 2.93. The van der Waals surface area contributed by atoms with Crippen LogP contribution in [0.15, 0.2) is 30.9 Å². The number of primary amides is 1. The fourth-order valence-corrected chi connectivity index (χ4v) is 2.17. The molecule has 0 bridgehead atoms. The monoisotopic (exact) mass is 216 g/mol. The van der Waals surface area contributed by atoms with E-state index >= 15 is 0 Å². The van der Waals surface area contributed by atoms with E-state index in [2.05, 4.69) is 11.5 Å². The van der Waals surface area contributed by atoms with Gasteiger partial charge >= 0.3 is 0 Å². The largest absolute Gasteiger partial charge is 0.368 e. The zero-order chi connectivity index (χ0) is 11.5. The first-order valence-corrected chi connectivity index (χ1v) is 5.51. The minimum atomic E-state index is -0.358. The lowest BCUT2D eigenvalue weighted by atomic mass is 9.99. The second-order valence-corrected chi connectivity index (χ2v) is 4.05. The summed E-state index contributed by atoms with van der Waals surface area (Å²) in [4.78, 5) is 13.4. The topological polar surface area (TPSA) is 46.3 Å². The summed E-state index contributed by atoms with van der Waals surface area (Å²) in [6, 6.07) is 5.69. The Morgan fingerprint density at radius 2 is 2.38 bits per heavy atom. The van der Waals surface area contributed by atoms with Crippen LogP contribution in [0.25, 0.3) is 0 Å². The standard InChI is InChI=1S/C13H16N2O/c1-2-7-15-8-3-4-10-9-11(13(14)16)5-6-12(10)15/h2,5-6,9H,1,3-4,7-8H2,(H2,14,16). The smallest absolute Gasteiger partial charge is 0.248 e. The molecular formula is C13H16N2O. The number of amides is 1. The molecule has 0 saturated carbocycles. The zero-order valence-electron chi connectivity index (χ0n) is 9.28. The normalized spacial score (nSPS) is 14.4. The first kappa shape index (κ1) is 10.7. The molecule has 1 amide bonds. The number of nitrogens with two attached hydrogens (primary N) is 1. The minimum Gasteiger partial charge on any atom is -0.368 e. The lowest BCUT2D eigenvalue weighted by Crippen LogP contribution is -2.29. The number of rotatable bonds is 3. The van der Waals surface area contributed by atoms with Crippen molar-refractivity contribution in [3.63, 3.8) is 0 Å². The quantitative estimate of drug-likeness (QED) is 0.782. The Balaban J connectivity index is 2.36. The van der Waals surface area contributed by atoms with Gasteiger partial charge < -0.3 is 10.6 Å². The summed E-state index contributed by atoms with van der Waals surface area (Å²) in [5, 5.41) is 0. The van der Waals surface area contributed by atoms with Crippen LogP contribution in [-0.2, 0) is 6.42 Å². The van der Waals surface area contributed by atoms with Crippen LogP contribution in [0.1, 0.15) is 22.3 Å². The molecule has 0 fully saturated rings. The van der Waals surface area contributed by atoms with E-state index < -0.39 is 0 Å². The van der Waals surface area contributed by atoms with Gasteiger partial charge in [-0.3, -0.25) is 4.79 Å². The first-order chi connectivity index (χ1) is 7.72. The SMILES string of the molecule is C=CCN1CCCc2cc(C(N)=O)ccc21. The Morgan fingerprint density at radius 3 is 3.06 bits per heavy atom. The fraction of sp³-hybridized carbons (Fsp3) is 0.308. The van der Waals surface area contributed by atoms with Crippen LogP contribution in [-0.4, -0.2) is 19.0 Å². The van der Waals surface area contributed by atoms with Gasteiger partial charge in [-0.1, -0.05) is 6.08 Å². The Labute approximate surface area is 95.6 Å². The van der Waals surface area contributed by atoms with Crippen LogP contribution in [0.5, 0.6) is 0 Å². The molecule has 0 atom stereocenters. The summed E-state index contributed by atoms with van der Waals surface area (Å²) in [6.07, 6.45) is 4.03. The van der Waals surface area contributed by atoms with Crippen LogP contribution >= 0.6 is 0 Å². The van der Waals surface area contributed by atoms with E-state index in [0.717, 1.165) is 25.9 Å². The van der Waals surface area contributed by atoms with E-state index in [0.29, 0.717) is 5.56 Å². The Morgan fingerprint density at radius 1 is 1.56 bits per heavy atom. The maximum Gasteiger partial charge on any atom is 0.248 e. The second kappa shape index (κ2) is 4.39. The molecule has 2 N–H and O–H groups in total. The van der Waals surface area contributed by atoms with Gasteiger partial charge in [0.15, 0.2) is 0 Å². The van der Waals surface area contributed by atoms with Crippen molar-refractivity contribution in [3.8, 4) is 0 Å². The van der Waals surface area contributed by atoms with Gasteiger partial charge in [-0.2, -0.15) is 0 Å². The Hall–Kier alpha value is -1.77. The van der Waals surface area contributed by atoms with E-state index in [1.54, 1.807) is 6.07 Å². The first-order valence-electron chi connectivity index (χ1n) is 5.51. The highest BCUT2D eigenvalue weighted by Gasteiger charge is 2.16. The molecule has 0 saturated heterocycles. The van der Waals surface area contributed by atoms with E-state index in [4.69, 9.17) is 5.73 Å². The van der Waals surface area contributed by atoms with Crippen molar-refractivity contribution >= 4 is 11.6 Å². The van der Waals surface area contributed by atoms with Gasteiger partial charge in [0.1, 0.15) is 0 Å². The molecule has 84 valence electrons. The van der Waals surface area contributed by atoms with Crippen molar-refractivity contribution in [2.75, 3.05) is 18.0 Å². The van der Waals surface area contributed by atoms with Crippen molar-refractivity contribution in [1.29, 1.82) is 0 Å². The van der Waals surface area contributed by atoms with Crippen LogP contribution < -0.4 is 10.6 Å². The molecule has 2 rings (SSSR count). The van der Waals surface area contributed by atoms with Gasteiger partial charge in [-0.25, -0.2) is 0 Å². The number of hydrogen-bond donors (Lipinski definition) is 1. The number of carbonyl (C=O) groups is 1. The van der Waals surface area contributed by atoms with E-state index in [1.807, 2.05) is 18.2 Å². The number of nitrogens with zero attached hydrogens (tertiary/aromatic N) is 1. The molecule has 1 aromatic rings. The average Bonchev–Trinajstić information content (AvgIpc) is 2.29. The molecular weight excluding hydrogens is 200 g/mol.